The second-order valence-electron chi connectivity index (χ2n) is 7.15. The van der Waals surface area contributed by atoms with Crippen LogP contribution in [0, 0.1) is 0 Å². The minimum absolute atomic E-state index is 0.0554. The van der Waals surface area contributed by atoms with Gasteiger partial charge in [-0.2, -0.15) is 0 Å². The Balaban J connectivity index is 1.60. The van der Waals surface area contributed by atoms with Crippen LogP contribution in [0.5, 0.6) is 11.5 Å². The molecule has 6 heteroatoms. The van der Waals surface area contributed by atoms with Crippen LogP contribution in [0.2, 0.25) is 0 Å². The fourth-order valence-electron chi connectivity index (χ4n) is 3.66. The summed E-state index contributed by atoms with van der Waals surface area (Å²) in [5.74, 6) is 0.170. The zero-order valence-corrected chi connectivity index (χ0v) is 17.5. The van der Waals surface area contributed by atoms with Crippen molar-refractivity contribution in [2.75, 3.05) is 14.2 Å². The molecule has 1 amide bonds. The average molecular weight is 409 g/mol. The van der Waals surface area contributed by atoms with E-state index in [1.54, 1.807) is 38.3 Å². The van der Waals surface area contributed by atoms with Crippen molar-refractivity contribution < 1.29 is 23.8 Å². The highest BCUT2D eigenvalue weighted by Crippen LogP contribution is 2.31. The van der Waals surface area contributed by atoms with Gasteiger partial charge in [-0.25, -0.2) is 4.79 Å². The van der Waals surface area contributed by atoms with Crippen molar-refractivity contribution in [1.82, 2.24) is 5.32 Å². The predicted octanol–water partition coefficient (Wildman–Crippen LogP) is 3.84. The van der Waals surface area contributed by atoms with Crippen LogP contribution in [0.4, 0.5) is 0 Å². The zero-order valence-electron chi connectivity index (χ0n) is 17.5. The number of ether oxygens (including phenoxy) is 3. The number of aryl methyl sites for hydroxylation is 1. The lowest BCUT2D eigenvalue weighted by molar-refractivity contribution is -0.150. The van der Waals surface area contributed by atoms with Crippen LogP contribution < -0.4 is 14.8 Å². The molecule has 2 atom stereocenters. The third-order valence-electron chi connectivity index (χ3n) is 5.18. The van der Waals surface area contributed by atoms with Gasteiger partial charge >= 0.3 is 5.97 Å². The van der Waals surface area contributed by atoms with Gasteiger partial charge in [-0.05, 0) is 49.5 Å². The molecule has 0 heterocycles. The molecule has 2 aromatic carbocycles. The van der Waals surface area contributed by atoms with E-state index < -0.39 is 12.1 Å². The van der Waals surface area contributed by atoms with Crippen molar-refractivity contribution in [1.29, 1.82) is 0 Å². The fraction of sp³-hybridized carbons (Fsp3) is 0.333. The maximum Gasteiger partial charge on any atom is 0.331 e. The highest BCUT2D eigenvalue weighted by Gasteiger charge is 2.25. The molecule has 1 N–H and O–H groups in total. The van der Waals surface area contributed by atoms with Gasteiger partial charge in [0.25, 0.3) is 5.91 Å². The third-order valence-corrected chi connectivity index (χ3v) is 5.18. The van der Waals surface area contributed by atoms with Crippen LogP contribution in [0.3, 0.4) is 0 Å². The first-order valence-corrected chi connectivity index (χ1v) is 10.0. The molecular weight excluding hydrogens is 382 g/mol. The Morgan fingerprint density at radius 3 is 2.67 bits per heavy atom. The predicted molar refractivity (Wildman–Crippen MR) is 114 cm³/mol. The van der Waals surface area contributed by atoms with E-state index in [0.29, 0.717) is 17.1 Å². The van der Waals surface area contributed by atoms with Gasteiger partial charge in [0.1, 0.15) is 0 Å². The van der Waals surface area contributed by atoms with Gasteiger partial charge in [0.05, 0.1) is 20.3 Å². The zero-order chi connectivity index (χ0) is 21.5. The lowest BCUT2D eigenvalue weighted by Gasteiger charge is -2.27. The third kappa shape index (κ3) is 5.00. The number of esters is 1. The van der Waals surface area contributed by atoms with Crippen molar-refractivity contribution in [3.63, 3.8) is 0 Å². The van der Waals surface area contributed by atoms with Crippen molar-refractivity contribution in [2.24, 2.45) is 0 Å². The minimum Gasteiger partial charge on any atom is -0.493 e. The van der Waals surface area contributed by atoms with E-state index in [1.165, 1.54) is 18.7 Å². The van der Waals surface area contributed by atoms with Crippen molar-refractivity contribution in [3.8, 4) is 11.5 Å². The quantitative estimate of drug-likeness (QED) is 0.556. The van der Waals surface area contributed by atoms with Crippen LogP contribution in [-0.4, -0.2) is 32.2 Å². The number of amides is 1. The Morgan fingerprint density at radius 1 is 1.10 bits per heavy atom. The van der Waals surface area contributed by atoms with Gasteiger partial charge in [-0.1, -0.05) is 36.4 Å². The summed E-state index contributed by atoms with van der Waals surface area (Å²) in [6.45, 7) is 1.57. The van der Waals surface area contributed by atoms with Gasteiger partial charge in [0.15, 0.2) is 17.6 Å². The van der Waals surface area contributed by atoms with Gasteiger partial charge in [-0.3, -0.25) is 4.79 Å². The molecule has 0 unspecified atom stereocenters. The highest BCUT2D eigenvalue weighted by molar-refractivity contribution is 5.91. The van der Waals surface area contributed by atoms with E-state index in [9.17, 15) is 9.59 Å². The molecule has 3 rings (SSSR count). The summed E-state index contributed by atoms with van der Waals surface area (Å²) in [6.07, 6.45) is 4.86. The maximum absolute atomic E-state index is 12.6. The molecule has 0 aliphatic heterocycles. The highest BCUT2D eigenvalue weighted by atomic mass is 16.5. The number of nitrogens with one attached hydrogen (secondary N) is 1. The number of carbonyl (C=O) groups excluding carboxylic acids is 2. The molecule has 1 aliphatic carbocycles. The Hall–Kier alpha value is -3.28. The Bertz CT molecular complexity index is 937. The SMILES string of the molecule is COc1cccc(/C=C/C(=O)O[C@@H](C)C(=O)N[C@@H]2CCCc3ccccc32)c1OC. The van der Waals surface area contributed by atoms with E-state index in [2.05, 4.69) is 11.4 Å². The second-order valence-corrected chi connectivity index (χ2v) is 7.15. The van der Waals surface area contributed by atoms with E-state index in [0.717, 1.165) is 24.8 Å². The van der Waals surface area contributed by atoms with Gasteiger partial charge < -0.3 is 19.5 Å². The number of rotatable bonds is 7. The van der Waals surface area contributed by atoms with Crippen molar-refractivity contribution in [3.05, 3.63) is 65.2 Å². The van der Waals surface area contributed by atoms with E-state index >= 15 is 0 Å². The summed E-state index contributed by atoms with van der Waals surface area (Å²) in [7, 11) is 3.08. The molecule has 0 saturated heterocycles. The molecule has 1 aliphatic rings. The smallest absolute Gasteiger partial charge is 0.331 e. The molecule has 0 spiro atoms. The number of carbonyl (C=O) groups is 2. The summed E-state index contributed by atoms with van der Waals surface area (Å²) >= 11 is 0. The number of para-hydroxylation sites is 1. The summed E-state index contributed by atoms with van der Waals surface area (Å²) in [5, 5.41) is 3.01. The first kappa shape index (κ1) is 21.4. The Kier molecular flexibility index (Phi) is 7.12. The van der Waals surface area contributed by atoms with Gasteiger partial charge in [-0.15, -0.1) is 0 Å². The van der Waals surface area contributed by atoms with Crippen LogP contribution >= 0.6 is 0 Å². The largest absolute Gasteiger partial charge is 0.493 e. The van der Waals surface area contributed by atoms with Crippen LogP contribution in [-0.2, 0) is 20.7 Å². The molecular formula is C24H27NO5. The molecule has 158 valence electrons. The van der Waals surface area contributed by atoms with Gasteiger partial charge in [0, 0.05) is 11.6 Å². The average Bonchev–Trinajstić information content (AvgIpc) is 2.77. The lowest BCUT2D eigenvalue weighted by atomic mass is 9.87. The molecule has 30 heavy (non-hydrogen) atoms. The first-order chi connectivity index (χ1) is 14.5. The molecule has 0 saturated carbocycles. The number of methoxy groups -OCH3 is 2. The summed E-state index contributed by atoms with van der Waals surface area (Å²) in [5.41, 5.74) is 3.07. The standard InChI is InChI=1S/C24H27NO5/c1-16(24(27)25-20-12-6-9-17-8-4-5-11-19(17)20)30-22(26)15-14-18-10-7-13-21(28-2)23(18)29-3/h4-5,7-8,10-11,13-16,20H,6,9,12H2,1-3H3,(H,25,27)/b15-14+/t16-,20+/m0/s1. The number of benzene rings is 2. The van der Waals surface area contributed by atoms with E-state index in [4.69, 9.17) is 14.2 Å². The Morgan fingerprint density at radius 2 is 1.90 bits per heavy atom. The molecule has 0 aromatic heterocycles. The van der Waals surface area contributed by atoms with E-state index in [1.807, 2.05) is 18.2 Å². The summed E-state index contributed by atoms with van der Waals surface area (Å²) < 4.78 is 15.9. The summed E-state index contributed by atoms with van der Waals surface area (Å²) in [4.78, 5) is 24.8. The number of hydrogen-bond acceptors (Lipinski definition) is 5. The van der Waals surface area contributed by atoms with Crippen molar-refractivity contribution in [2.45, 2.75) is 38.3 Å². The number of hydrogen-bond donors (Lipinski definition) is 1. The molecule has 0 radical (unpaired) electrons. The van der Waals surface area contributed by atoms with Crippen molar-refractivity contribution >= 4 is 18.0 Å². The second kappa shape index (κ2) is 9.96. The Labute approximate surface area is 176 Å². The topological polar surface area (TPSA) is 73.9 Å². The first-order valence-electron chi connectivity index (χ1n) is 10.0. The van der Waals surface area contributed by atoms with Crippen LogP contribution in [0.1, 0.15) is 42.5 Å². The van der Waals surface area contributed by atoms with Crippen LogP contribution in [0.15, 0.2) is 48.5 Å². The normalized spacial score (nSPS) is 16.4. The molecule has 0 bridgehead atoms. The molecule has 6 nitrogen and oxygen atoms in total. The fourth-order valence-corrected chi connectivity index (χ4v) is 3.66. The van der Waals surface area contributed by atoms with Crippen LogP contribution in [0.25, 0.3) is 6.08 Å². The van der Waals surface area contributed by atoms with Gasteiger partial charge in [0.2, 0.25) is 0 Å². The maximum atomic E-state index is 12.6. The minimum atomic E-state index is -0.900. The summed E-state index contributed by atoms with van der Waals surface area (Å²) in [6, 6.07) is 13.4. The monoisotopic (exact) mass is 409 g/mol. The molecule has 0 fully saturated rings. The number of fused-ring (bicyclic) bond motifs is 1. The molecule has 2 aromatic rings. The van der Waals surface area contributed by atoms with E-state index in [-0.39, 0.29) is 11.9 Å². The lowest BCUT2D eigenvalue weighted by Crippen LogP contribution is -2.39.